The molecule has 0 aromatic carbocycles. The van der Waals surface area contributed by atoms with Gasteiger partial charge in [0, 0.05) is 38.7 Å². The summed E-state index contributed by atoms with van der Waals surface area (Å²) in [7, 11) is 0. The Morgan fingerprint density at radius 3 is 0.593 bits per heavy atom. The second-order valence-electron chi connectivity index (χ2n) is 11.0. The van der Waals surface area contributed by atoms with Gasteiger partial charge in [-0.15, -0.1) is 0 Å². The third kappa shape index (κ3) is 13.9. The van der Waals surface area contributed by atoms with E-state index in [9.17, 15) is 19.2 Å². The van der Waals surface area contributed by atoms with Crippen LogP contribution < -0.4 is 0 Å². The molecule has 0 aliphatic rings. The molecule has 0 aliphatic heterocycles. The molecule has 0 saturated heterocycles. The number of ketones is 4. The van der Waals surface area contributed by atoms with E-state index in [4.69, 9.17) is 0 Å². The van der Waals surface area contributed by atoms with Crippen molar-refractivity contribution in [1.29, 1.82) is 0 Å². The number of Topliss-reactive ketones (excluding diaryl/α,β-unsaturated/α-hetero) is 4. The molecule has 0 bridgehead atoms. The number of rotatable bonds is 4. The van der Waals surface area contributed by atoms with Crippen LogP contribution in [-0.2, 0) is 36.2 Å². The van der Waals surface area contributed by atoms with Crippen LogP contribution in [0.25, 0.3) is 0 Å². The van der Waals surface area contributed by atoms with E-state index in [0.717, 1.165) is 0 Å². The van der Waals surface area contributed by atoms with Crippen LogP contribution in [-0.4, -0.2) is 23.1 Å². The first kappa shape index (κ1) is 30.9. The summed E-state index contributed by atoms with van der Waals surface area (Å²) in [5.41, 5.74) is -1.61. The molecule has 159 valence electrons. The molecule has 0 N–H and O–H groups in total. The molecule has 1 radical (unpaired) electrons. The van der Waals surface area contributed by atoms with E-state index < -0.39 is 21.7 Å². The van der Waals surface area contributed by atoms with Gasteiger partial charge >= 0.3 is 0 Å². The summed E-state index contributed by atoms with van der Waals surface area (Å²) in [6.07, 6.45) is 0.125. The van der Waals surface area contributed by atoms with Crippen LogP contribution in [0.1, 0.15) is 95.9 Å². The van der Waals surface area contributed by atoms with Crippen molar-refractivity contribution in [3.05, 3.63) is 0 Å². The van der Waals surface area contributed by atoms with Crippen molar-refractivity contribution in [2.75, 3.05) is 0 Å². The second-order valence-corrected chi connectivity index (χ2v) is 11.0. The molecular weight excluding hydrogens is 383 g/mol. The third-order valence-corrected chi connectivity index (χ3v) is 3.99. The molecule has 5 heteroatoms. The summed E-state index contributed by atoms with van der Waals surface area (Å²) in [4.78, 5) is 46.0. The van der Waals surface area contributed by atoms with Crippen LogP contribution in [0.4, 0.5) is 0 Å². The number of hydrogen-bond donors (Lipinski definition) is 0. The Morgan fingerprint density at radius 1 is 0.407 bits per heavy atom. The van der Waals surface area contributed by atoms with E-state index in [2.05, 4.69) is 0 Å². The zero-order valence-electron chi connectivity index (χ0n) is 19.4. The maximum atomic E-state index is 11.5. The number of carbonyl (C=O) groups is 4. The van der Waals surface area contributed by atoms with Crippen LogP contribution in [0.2, 0.25) is 0 Å². The molecule has 0 spiro atoms. The van der Waals surface area contributed by atoms with Gasteiger partial charge in [-0.3, -0.25) is 19.2 Å². The van der Waals surface area contributed by atoms with Crippen LogP contribution in [0, 0.1) is 21.7 Å². The molecule has 0 atom stereocenters. The van der Waals surface area contributed by atoms with Gasteiger partial charge in [0.05, 0.1) is 12.8 Å². The first-order chi connectivity index (χ1) is 11.1. The largest absolute Gasteiger partial charge is 0.299 e. The summed E-state index contributed by atoms with van der Waals surface area (Å²) in [5.74, 6) is 0.0831. The summed E-state index contributed by atoms with van der Waals surface area (Å²) in [6, 6.07) is 0. The van der Waals surface area contributed by atoms with Crippen molar-refractivity contribution in [3.63, 3.8) is 0 Å². The van der Waals surface area contributed by atoms with Gasteiger partial charge in [0.25, 0.3) is 0 Å². The van der Waals surface area contributed by atoms with Crippen molar-refractivity contribution in [3.8, 4) is 0 Å². The maximum Gasteiger partial charge on any atom is 0.145 e. The molecule has 27 heavy (non-hydrogen) atoms. The van der Waals surface area contributed by atoms with Crippen molar-refractivity contribution in [2.45, 2.75) is 95.9 Å². The fourth-order valence-electron chi connectivity index (χ4n) is 1.35. The molecule has 0 heterocycles. The summed E-state index contributed by atoms with van der Waals surface area (Å²) < 4.78 is 0. The maximum absolute atomic E-state index is 11.5. The van der Waals surface area contributed by atoms with E-state index >= 15 is 0 Å². The summed E-state index contributed by atoms with van der Waals surface area (Å²) in [6.45, 7) is 22.1. The Labute approximate surface area is 177 Å². The molecule has 0 fully saturated rings. The molecule has 4 nitrogen and oxygen atoms in total. The van der Waals surface area contributed by atoms with Crippen molar-refractivity contribution in [1.82, 2.24) is 0 Å². The fraction of sp³-hybridized carbons (Fsp3) is 0.818. The van der Waals surface area contributed by atoms with Crippen LogP contribution in [0.15, 0.2) is 0 Å². The molecular formula is C22H40MnO4. The average Bonchev–Trinajstić information content (AvgIpc) is 2.34. The SMILES string of the molecule is CC(C)(C)C(=O)CC(=O)C(C)(C)C.CC(C)(C)C(=O)CC(=O)C(C)(C)C.[Mn]. The number of carbonyl (C=O) groups excluding carboxylic acids is 4. The molecule has 0 aromatic rings. The Kier molecular flexibility index (Phi) is 12.2. The van der Waals surface area contributed by atoms with Gasteiger partial charge in [-0.05, 0) is 0 Å². The third-order valence-electron chi connectivity index (χ3n) is 3.99. The molecule has 0 rings (SSSR count). The zero-order valence-corrected chi connectivity index (χ0v) is 20.6. The minimum atomic E-state index is -0.402. The average molecular weight is 423 g/mol. The molecule has 0 unspecified atom stereocenters. The van der Waals surface area contributed by atoms with E-state index in [1.807, 2.05) is 83.1 Å². The second kappa shape index (κ2) is 10.7. The Morgan fingerprint density at radius 2 is 0.519 bits per heavy atom. The van der Waals surface area contributed by atoms with E-state index in [0.29, 0.717) is 0 Å². The van der Waals surface area contributed by atoms with Crippen molar-refractivity contribution in [2.24, 2.45) is 21.7 Å². The minimum Gasteiger partial charge on any atom is -0.299 e. The zero-order chi connectivity index (χ0) is 21.7. The van der Waals surface area contributed by atoms with Crippen LogP contribution >= 0.6 is 0 Å². The van der Waals surface area contributed by atoms with E-state index in [1.54, 1.807) is 0 Å². The van der Waals surface area contributed by atoms with Gasteiger partial charge in [0.2, 0.25) is 0 Å². The van der Waals surface area contributed by atoms with E-state index in [1.165, 1.54) is 0 Å². The first-order valence-electron chi connectivity index (χ1n) is 9.23. The Hall–Kier alpha value is -0.801. The van der Waals surface area contributed by atoms with Gasteiger partial charge < -0.3 is 0 Å². The fourth-order valence-corrected chi connectivity index (χ4v) is 1.35. The first-order valence-corrected chi connectivity index (χ1v) is 9.23. The van der Waals surface area contributed by atoms with Crippen molar-refractivity contribution >= 4 is 23.1 Å². The number of hydrogen-bond acceptors (Lipinski definition) is 4. The predicted octanol–water partition coefficient (Wildman–Crippen LogP) is 5.21. The molecule has 0 saturated carbocycles. The normalized spacial score (nSPS) is 12.3. The van der Waals surface area contributed by atoms with Crippen molar-refractivity contribution < 1.29 is 36.2 Å². The standard InChI is InChI=1S/2C11H20O2.Mn/c2*1-10(2,3)8(12)7-9(13)11(4,5)6;/h2*7H2,1-6H3;. The van der Waals surface area contributed by atoms with Gasteiger partial charge in [0.1, 0.15) is 23.1 Å². The molecule has 0 aliphatic carbocycles. The monoisotopic (exact) mass is 423 g/mol. The molecule has 0 aromatic heterocycles. The topological polar surface area (TPSA) is 68.3 Å². The van der Waals surface area contributed by atoms with E-state index in [-0.39, 0.29) is 53.0 Å². The van der Waals surface area contributed by atoms with Crippen LogP contribution in [0.5, 0.6) is 0 Å². The molecule has 0 amide bonds. The minimum absolute atomic E-state index is 0. The summed E-state index contributed by atoms with van der Waals surface area (Å²) >= 11 is 0. The Bertz CT molecular complexity index is 435. The smallest absolute Gasteiger partial charge is 0.145 e. The summed E-state index contributed by atoms with van der Waals surface area (Å²) in [5, 5.41) is 0. The van der Waals surface area contributed by atoms with Gasteiger partial charge in [-0.25, -0.2) is 0 Å². The quantitative estimate of drug-likeness (QED) is 0.460. The van der Waals surface area contributed by atoms with Gasteiger partial charge in [0.15, 0.2) is 0 Å². The van der Waals surface area contributed by atoms with Crippen LogP contribution in [0.3, 0.4) is 0 Å². The van der Waals surface area contributed by atoms with Gasteiger partial charge in [-0.2, -0.15) is 0 Å². The predicted molar refractivity (Wildman–Crippen MR) is 107 cm³/mol. The van der Waals surface area contributed by atoms with Gasteiger partial charge in [-0.1, -0.05) is 83.1 Å². The Balaban J connectivity index is -0.000000411.